The summed E-state index contributed by atoms with van der Waals surface area (Å²) in [7, 11) is 5.12. The van der Waals surface area contributed by atoms with Crippen molar-refractivity contribution in [1.82, 2.24) is 0 Å². The summed E-state index contributed by atoms with van der Waals surface area (Å²) >= 11 is -3.11. The lowest BCUT2D eigenvalue weighted by Crippen LogP contribution is -2.46. The molecule has 0 atom stereocenters. The van der Waals surface area contributed by atoms with E-state index in [-0.39, 0.29) is 0 Å². The van der Waals surface area contributed by atoms with E-state index < -0.39 is 11.4 Å². The molecule has 0 radical (unpaired) electrons. The molecule has 0 saturated carbocycles. The molecular formula is C50H108N2O3S. The van der Waals surface area contributed by atoms with E-state index in [0.29, 0.717) is 0 Å². The minimum Gasteiger partial charge on any atom is -0.784 e. The van der Waals surface area contributed by atoms with Gasteiger partial charge in [0.1, 0.15) is 0 Å². The van der Waals surface area contributed by atoms with Gasteiger partial charge in [-0.3, -0.25) is 4.21 Å². The molecule has 0 rings (SSSR count). The van der Waals surface area contributed by atoms with Gasteiger partial charge in [0.15, 0.2) is 0 Å². The lowest BCUT2D eigenvalue weighted by atomic mass is 10.1. The Balaban J connectivity index is -0.000000914. The third-order valence-electron chi connectivity index (χ3n) is 12.3. The Bertz CT molecular complexity index is 598. The quantitative estimate of drug-likeness (QED) is 0.0350. The molecule has 0 bridgehead atoms. The maximum atomic E-state index is 8.44. The summed E-state index contributed by atoms with van der Waals surface area (Å²) in [5.41, 5.74) is 0. The van der Waals surface area contributed by atoms with Gasteiger partial charge in [0.05, 0.1) is 53.4 Å². The van der Waals surface area contributed by atoms with Gasteiger partial charge in [-0.1, -0.05) is 196 Å². The van der Waals surface area contributed by atoms with Crippen molar-refractivity contribution >= 4 is 11.4 Å². The topological polar surface area (TPSA) is 63.2 Å². The second-order valence-corrected chi connectivity index (χ2v) is 18.8. The van der Waals surface area contributed by atoms with E-state index in [9.17, 15) is 0 Å². The van der Waals surface area contributed by atoms with Crippen LogP contribution in [-0.4, -0.2) is 75.6 Å². The minimum atomic E-state index is -3.11. The van der Waals surface area contributed by atoms with Crippen molar-refractivity contribution in [2.24, 2.45) is 0 Å². The van der Waals surface area contributed by atoms with E-state index in [1.165, 1.54) is 279 Å². The average Bonchev–Trinajstić information content (AvgIpc) is 3.17. The fourth-order valence-corrected chi connectivity index (χ4v) is 8.31. The van der Waals surface area contributed by atoms with Crippen molar-refractivity contribution in [3.8, 4) is 0 Å². The van der Waals surface area contributed by atoms with E-state index >= 15 is 0 Å². The first-order valence-electron chi connectivity index (χ1n) is 25.5. The van der Waals surface area contributed by atoms with Crippen LogP contribution in [-0.2, 0) is 11.4 Å². The second kappa shape index (κ2) is 49.4. The number of rotatable bonds is 42. The molecule has 342 valence electrons. The molecule has 0 amide bonds. The Morgan fingerprint density at radius 1 is 0.268 bits per heavy atom. The standard InChI is InChI=1S/2C25H54N.H2O3S/c2*1-5-8-11-14-17-20-23-26(4,24-21-18-15-12-9-6-2)25-22-19-16-13-10-7-3;1-4(2)3/h2*5-25H2,1-4H3;(H2,1,2,3)/q2*+1;/p-2. The van der Waals surface area contributed by atoms with Gasteiger partial charge in [-0.15, -0.1) is 11.4 Å². The molecule has 0 fully saturated rings. The van der Waals surface area contributed by atoms with Gasteiger partial charge in [-0.25, -0.2) is 0 Å². The highest BCUT2D eigenvalue weighted by molar-refractivity contribution is 7.72. The van der Waals surface area contributed by atoms with E-state index in [1.807, 2.05) is 0 Å². The van der Waals surface area contributed by atoms with Crippen molar-refractivity contribution in [3.05, 3.63) is 0 Å². The van der Waals surface area contributed by atoms with Crippen molar-refractivity contribution < 1.29 is 22.3 Å². The van der Waals surface area contributed by atoms with Crippen LogP contribution in [0.1, 0.15) is 273 Å². The highest BCUT2D eigenvalue weighted by atomic mass is 32.2. The summed E-state index contributed by atoms with van der Waals surface area (Å²) < 4.78 is 28.0. The first-order valence-corrected chi connectivity index (χ1v) is 26.5. The van der Waals surface area contributed by atoms with Gasteiger partial charge in [0, 0.05) is 0 Å². The van der Waals surface area contributed by atoms with Crippen molar-refractivity contribution in [2.75, 3.05) is 53.4 Å². The summed E-state index contributed by atoms with van der Waals surface area (Å²) in [5, 5.41) is 0. The normalized spacial score (nSPS) is 11.8. The van der Waals surface area contributed by atoms with Crippen molar-refractivity contribution in [2.45, 2.75) is 273 Å². The van der Waals surface area contributed by atoms with Crippen molar-refractivity contribution in [1.29, 1.82) is 0 Å². The Labute approximate surface area is 358 Å². The Kier molecular flexibility index (Phi) is 53.1. The van der Waals surface area contributed by atoms with Gasteiger partial charge in [0.25, 0.3) is 0 Å². The van der Waals surface area contributed by atoms with Crippen LogP contribution < -0.4 is 0 Å². The molecule has 0 heterocycles. The van der Waals surface area contributed by atoms with Crippen LogP contribution in [0.3, 0.4) is 0 Å². The van der Waals surface area contributed by atoms with Crippen LogP contribution in [0.4, 0.5) is 0 Å². The molecular weight excluding hydrogens is 709 g/mol. The summed E-state index contributed by atoms with van der Waals surface area (Å²) in [4.78, 5) is 0. The zero-order chi connectivity index (χ0) is 42.3. The highest BCUT2D eigenvalue weighted by Crippen LogP contribution is 2.18. The van der Waals surface area contributed by atoms with Crippen LogP contribution in [0.5, 0.6) is 0 Å². The smallest absolute Gasteiger partial charge is 0.0784 e. The van der Waals surface area contributed by atoms with Crippen molar-refractivity contribution in [3.63, 3.8) is 0 Å². The van der Waals surface area contributed by atoms with Crippen LogP contribution in [0.25, 0.3) is 0 Å². The van der Waals surface area contributed by atoms with Gasteiger partial charge >= 0.3 is 0 Å². The molecule has 0 unspecified atom stereocenters. The van der Waals surface area contributed by atoms with Gasteiger partial charge < -0.3 is 18.1 Å². The summed E-state index contributed by atoms with van der Waals surface area (Å²) in [6.07, 6.45) is 51.7. The van der Waals surface area contributed by atoms with E-state index in [4.69, 9.17) is 13.3 Å². The number of unbranched alkanes of at least 4 members (excludes halogenated alkanes) is 30. The lowest BCUT2D eigenvalue weighted by Gasteiger charge is -2.35. The van der Waals surface area contributed by atoms with Gasteiger partial charge in [-0.05, 0) is 77.0 Å². The number of nitrogens with zero attached hydrogens (tertiary/aromatic N) is 2. The zero-order valence-electron chi connectivity index (χ0n) is 40.2. The first-order chi connectivity index (χ1) is 27.1. The van der Waals surface area contributed by atoms with E-state index in [1.54, 1.807) is 0 Å². The predicted octanol–water partition coefficient (Wildman–Crippen LogP) is 16.0. The first kappa shape index (κ1) is 60.3. The maximum absolute atomic E-state index is 8.44. The molecule has 0 aromatic rings. The maximum Gasteiger partial charge on any atom is 0.0784 e. The van der Waals surface area contributed by atoms with E-state index in [0.717, 1.165) is 0 Å². The molecule has 0 aliphatic carbocycles. The molecule has 56 heavy (non-hydrogen) atoms. The van der Waals surface area contributed by atoms with Crippen LogP contribution in [0.2, 0.25) is 0 Å². The lowest BCUT2D eigenvalue weighted by molar-refractivity contribution is -0.910. The molecule has 5 nitrogen and oxygen atoms in total. The molecule has 0 spiro atoms. The summed E-state index contributed by atoms with van der Waals surface area (Å²) in [6.45, 7) is 22.4. The number of hydrogen-bond acceptors (Lipinski definition) is 3. The molecule has 0 aromatic carbocycles. The van der Waals surface area contributed by atoms with Crippen LogP contribution in [0.15, 0.2) is 0 Å². The van der Waals surface area contributed by atoms with Crippen LogP contribution in [0, 0.1) is 0 Å². The molecule has 0 aliphatic heterocycles. The second-order valence-electron chi connectivity index (χ2n) is 18.4. The third kappa shape index (κ3) is 52.0. The molecule has 0 saturated heterocycles. The van der Waals surface area contributed by atoms with Crippen LogP contribution >= 0.6 is 0 Å². The fourth-order valence-electron chi connectivity index (χ4n) is 8.31. The summed E-state index contributed by atoms with van der Waals surface area (Å²) in [6, 6.07) is 0. The SMILES string of the molecule is CCCCCCCC[N+](C)(CCCCCCCC)CCCCCCCC.CCCCCCCC[N+](C)(CCCCCCCC)CCCCCCCC.O=S([O-])[O-]. The van der Waals surface area contributed by atoms with Gasteiger partial charge in [0.2, 0.25) is 0 Å². The monoisotopic (exact) mass is 817 g/mol. The minimum absolute atomic E-state index is 1.36. The highest BCUT2D eigenvalue weighted by Gasteiger charge is 2.21. The third-order valence-corrected chi connectivity index (χ3v) is 12.3. The van der Waals surface area contributed by atoms with Gasteiger partial charge in [-0.2, -0.15) is 0 Å². The Hall–Kier alpha value is -0.0100. The number of hydrogen-bond donors (Lipinski definition) is 0. The number of quaternary nitrogens is 2. The zero-order valence-corrected chi connectivity index (χ0v) is 41.0. The predicted molar refractivity (Wildman–Crippen MR) is 252 cm³/mol. The molecule has 0 aromatic heterocycles. The molecule has 6 heteroatoms. The van der Waals surface area contributed by atoms with E-state index in [2.05, 4.69) is 55.6 Å². The Morgan fingerprint density at radius 2 is 0.375 bits per heavy atom. The molecule has 0 N–H and O–H groups in total. The largest absolute Gasteiger partial charge is 0.784 e. The fraction of sp³-hybridized carbons (Fsp3) is 1.00. The summed E-state index contributed by atoms with van der Waals surface area (Å²) in [5.74, 6) is 0. The Morgan fingerprint density at radius 3 is 0.500 bits per heavy atom. The molecule has 0 aliphatic rings. The average molecular weight is 817 g/mol.